The summed E-state index contributed by atoms with van der Waals surface area (Å²) in [6.45, 7) is 2.89. The summed E-state index contributed by atoms with van der Waals surface area (Å²) >= 11 is 0. The van der Waals surface area contributed by atoms with Gasteiger partial charge in [0.05, 0.1) is 23.9 Å². The number of aromatic nitrogens is 1. The minimum atomic E-state index is -0.270. The maximum absolute atomic E-state index is 12.3. The lowest BCUT2D eigenvalue weighted by molar-refractivity contribution is -0.130. The topological polar surface area (TPSA) is 114 Å². The highest BCUT2D eigenvalue weighted by Crippen LogP contribution is 2.27. The van der Waals surface area contributed by atoms with Gasteiger partial charge >= 0.3 is 0 Å². The van der Waals surface area contributed by atoms with Crippen LogP contribution in [0.2, 0.25) is 0 Å². The van der Waals surface area contributed by atoms with E-state index < -0.39 is 0 Å². The molecule has 1 amide bonds. The molecule has 1 aliphatic heterocycles. The monoisotopic (exact) mass is 380 g/mol. The molecule has 0 radical (unpaired) electrons. The van der Waals surface area contributed by atoms with Gasteiger partial charge in [0.15, 0.2) is 0 Å². The second-order valence-corrected chi connectivity index (χ2v) is 7.28. The predicted octanol–water partition coefficient (Wildman–Crippen LogP) is 1.98. The fourth-order valence-electron chi connectivity index (χ4n) is 3.77. The molecule has 1 saturated carbocycles. The zero-order valence-electron chi connectivity index (χ0n) is 16.0. The Bertz CT molecular complexity index is 807. The smallest absolute Gasteiger partial charge is 0.248 e. The van der Waals surface area contributed by atoms with Crippen LogP contribution in [0.25, 0.3) is 0 Å². The molecule has 146 valence electrons. The molecule has 3 atom stereocenters. The van der Waals surface area contributed by atoms with E-state index in [1.54, 1.807) is 17.0 Å². The van der Waals surface area contributed by atoms with Crippen LogP contribution < -0.4 is 10.2 Å². The van der Waals surface area contributed by atoms with Gasteiger partial charge < -0.3 is 15.1 Å². The van der Waals surface area contributed by atoms with Crippen molar-refractivity contribution in [3.8, 4) is 18.0 Å². The molecule has 8 nitrogen and oxygen atoms in total. The summed E-state index contributed by atoms with van der Waals surface area (Å²) in [5.74, 6) is 0.659. The molecule has 1 saturated heterocycles. The largest absolute Gasteiger partial charge is 0.337 e. The van der Waals surface area contributed by atoms with Gasteiger partial charge in [-0.25, -0.2) is 4.98 Å². The van der Waals surface area contributed by atoms with E-state index in [4.69, 9.17) is 15.4 Å². The summed E-state index contributed by atoms with van der Waals surface area (Å²) in [6, 6.07) is 7.46. The summed E-state index contributed by atoms with van der Waals surface area (Å²) in [6.07, 6.45) is 5.98. The third-order valence-electron chi connectivity index (χ3n) is 5.44. The van der Waals surface area contributed by atoms with Gasteiger partial charge in [-0.1, -0.05) is 5.16 Å². The van der Waals surface area contributed by atoms with Gasteiger partial charge in [0, 0.05) is 30.8 Å². The molecule has 0 unspecified atom stereocenters. The van der Waals surface area contributed by atoms with Gasteiger partial charge in [-0.2, -0.15) is 10.5 Å². The third-order valence-corrected chi connectivity index (χ3v) is 5.44. The highest BCUT2D eigenvalue weighted by Gasteiger charge is 2.30. The summed E-state index contributed by atoms with van der Waals surface area (Å²) in [4.78, 5) is 23.4. The van der Waals surface area contributed by atoms with Crippen molar-refractivity contribution in [2.75, 3.05) is 13.1 Å². The van der Waals surface area contributed by atoms with Crippen molar-refractivity contribution in [3.05, 3.63) is 23.9 Å². The van der Waals surface area contributed by atoms with Crippen molar-refractivity contribution in [2.45, 2.75) is 51.1 Å². The molecule has 0 aromatic carbocycles. The van der Waals surface area contributed by atoms with Gasteiger partial charge in [-0.3, -0.25) is 4.79 Å². The molecule has 1 aromatic heterocycles. The molecule has 2 fully saturated rings. The number of nitriles is 2. The zero-order valence-corrected chi connectivity index (χ0v) is 16.0. The van der Waals surface area contributed by atoms with Gasteiger partial charge in [-0.05, 0) is 45.1 Å². The van der Waals surface area contributed by atoms with Gasteiger partial charge in [-0.15, -0.1) is 0 Å². The SMILES string of the molecule is C/C(=N\Oc1ccc(C#N)cn1)[C@H]1CC[C@@H](NCC(=O)N2CCC[C@H]2C#N)C1. The summed E-state index contributed by atoms with van der Waals surface area (Å²) in [5, 5.41) is 25.4. The van der Waals surface area contributed by atoms with Crippen molar-refractivity contribution < 1.29 is 9.63 Å². The van der Waals surface area contributed by atoms with E-state index in [1.165, 1.54) is 6.20 Å². The first-order valence-corrected chi connectivity index (χ1v) is 9.61. The molecule has 0 bridgehead atoms. The first-order valence-electron chi connectivity index (χ1n) is 9.61. The van der Waals surface area contributed by atoms with Crippen molar-refractivity contribution in [1.82, 2.24) is 15.2 Å². The van der Waals surface area contributed by atoms with Gasteiger partial charge in [0.25, 0.3) is 0 Å². The Morgan fingerprint density at radius 3 is 2.96 bits per heavy atom. The Balaban J connectivity index is 1.44. The number of hydrogen-bond donors (Lipinski definition) is 1. The average Bonchev–Trinajstić information content (AvgIpc) is 3.40. The Labute approximate surface area is 164 Å². The fourth-order valence-corrected chi connectivity index (χ4v) is 3.77. The van der Waals surface area contributed by atoms with E-state index in [9.17, 15) is 4.79 Å². The van der Waals surface area contributed by atoms with Crippen LogP contribution >= 0.6 is 0 Å². The summed E-state index contributed by atoms with van der Waals surface area (Å²) < 4.78 is 0. The number of oxime groups is 1. The lowest BCUT2D eigenvalue weighted by Gasteiger charge is -2.21. The van der Waals surface area contributed by atoms with E-state index in [0.717, 1.165) is 37.8 Å². The number of carbonyl (C=O) groups is 1. The van der Waals surface area contributed by atoms with E-state index in [-0.39, 0.29) is 24.5 Å². The Morgan fingerprint density at radius 2 is 2.25 bits per heavy atom. The highest BCUT2D eigenvalue weighted by molar-refractivity contribution is 5.84. The number of pyridine rings is 1. The van der Waals surface area contributed by atoms with Gasteiger partial charge in [0.2, 0.25) is 11.8 Å². The van der Waals surface area contributed by atoms with Crippen molar-refractivity contribution in [2.24, 2.45) is 11.1 Å². The molecule has 2 aliphatic rings. The normalized spacial score (nSPS) is 24.6. The quantitative estimate of drug-likeness (QED) is 0.596. The van der Waals surface area contributed by atoms with Crippen LogP contribution in [0.1, 0.15) is 44.6 Å². The number of likely N-dealkylation sites (tertiary alicyclic amines) is 1. The molecule has 1 aliphatic carbocycles. The number of hydrogen-bond acceptors (Lipinski definition) is 7. The zero-order chi connectivity index (χ0) is 19.9. The number of nitrogens with zero attached hydrogens (tertiary/aromatic N) is 5. The van der Waals surface area contributed by atoms with E-state index in [2.05, 4.69) is 21.5 Å². The lowest BCUT2D eigenvalue weighted by atomic mass is 10.0. The van der Waals surface area contributed by atoms with Crippen molar-refractivity contribution >= 4 is 11.6 Å². The molecule has 1 aromatic rings. The number of carbonyl (C=O) groups excluding carboxylic acids is 1. The first-order chi connectivity index (χ1) is 13.6. The molecular weight excluding hydrogens is 356 g/mol. The predicted molar refractivity (Wildman–Crippen MR) is 102 cm³/mol. The number of rotatable bonds is 6. The molecule has 3 rings (SSSR count). The Morgan fingerprint density at radius 1 is 1.39 bits per heavy atom. The van der Waals surface area contributed by atoms with E-state index in [0.29, 0.717) is 23.9 Å². The van der Waals surface area contributed by atoms with Crippen LogP contribution in [0.4, 0.5) is 0 Å². The molecule has 0 spiro atoms. The number of nitrogens with one attached hydrogen (secondary N) is 1. The maximum Gasteiger partial charge on any atom is 0.248 e. The second-order valence-electron chi connectivity index (χ2n) is 7.28. The van der Waals surface area contributed by atoms with Crippen molar-refractivity contribution in [3.63, 3.8) is 0 Å². The van der Waals surface area contributed by atoms with Crippen LogP contribution in [-0.4, -0.2) is 46.7 Å². The number of amides is 1. The third kappa shape index (κ3) is 4.85. The van der Waals surface area contributed by atoms with Crippen LogP contribution in [0.3, 0.4) is 0 Å². The fraction of sp³-hybridized carbons (Fsp3) is 0.550. The molecule has 2 heterocycles. The molecule has 28 heavy (non-hydrogen) atoms. The second kappa shape index (κ2) is 9.29. The summed E-state index contributed by atoms with van der Waals surface area (Å²) in [5.41, 5.74) is 1.37. The van der Waals surface area contributed by atoms with Crippen molar-refractivity contribution in [1.29, 1.82) is 10.5 Å². The van der Waals surface area contributed by atoms with Crippen LogP contribution in [0.15, 0.2) is 23.5 Å². The molecule has 1 N–H and O–H groups in total. The Kier molecular flexibility index (Phi) is 6.57. The van der Waals surface area contributed by atoms with Crippen LogP contribution in [0.5, 0.6) is 5.88 Å². The van der Waals surface area contributed by atoms with Gasteiger partial charge in [0.1, 0.15) is 12.1 Å². The minimum absolute atomic E-state index is 0.00751. The highest BCUT2D eigenvalue weighted by atomic mass is 16.6. The average molecular weight is 380 g/mol. The Hall–Kier alpha value is -2.97. The minimum Gasteiger partial charge on any atom is -0.337 e. The lowest BCUT2D eigenvalue weighted by Crippen LogP contribution is -2.43. The maximum atomic E-state index is 12.3. The van der Waals surface area contributed by atoms with E-state index in [1.807, 2.05) is 13.0 Å². The summed E-state index contributed by atoms with van der Waals surface area (Å²) in [7, 11) is 0. The standard InChI is InChI=1S/C20H24N6O2/c1-14(25-28-19-7-4-15(10-21)12-24-19)16-5-6-17(9-16)23-13-20(27)26-8-2-3-18(26)11-22/h4,7,12,16-18,23H,2-3,5-6,8-9,13H2,1H3/b25-14+/t16-,17+,18-/m0/s1. The van der Waals surface area contributed by atoms with Crippen LogP contribution in [-0.2, 0) is 4.79 Å². The van der Waals surface area contributed by atoms with Crippen LogP contribution in [0, 0.1) is 28.6 Å². The molecular formula is C20H24N6O2. The molecule has 8 heteroatoms. The van der Waals surface area contributed by atoms with E-state index >= 15 is 0 Å². The first kappa shape index (κ1) is 19.8.